The lowest BCUT2D eigenvalue weighted by atomic mass is 9.84. The average Bonchev–Trinajstić information content (AvgIpc) is 2.81. The summed E-state index contributed by atoms with van der Waals surface area (Å²) >= 11 is 0. The topological polar surface area (TPSA) is 82.2 Å². The van der Waals surface area contributed by atoms with Crippen molar-refractivity contribution < 1.29 is 23.5 Å². The Balaban J connectivity index is 1.62. The third-order valence-corrected chi connectivity index (χ3v) is 6.96. The summed E-state index contributed by atoms with van der Waals surface area (Å²) in [5.41, 5.74) is 1.46. The molecular formula is C26H33FN4O4. The number of esters is 1. The number of amides is 3. The highest BCUT2D eigenvalue weighted by Gasteiger charge is 2.39. The molecule has 1 aromatic carbocycles. The van der Waals surface area contributed by atoms with Gasteiger partial charge in [-0.1, -0.05) is 24.6 Å². The smallest absolute Gasteiger partial charge is 0.338 e. The molecule has 4 rings (SSSR count). The van der Waals surface area contributed by atoms with Crippen molar-refractivity contribution in [2.45, 2.75) is 32.2 Å². The summed E-state index contributed by atoms with van der Waals surface area (Å²) in [6.45, 7) is 8.76. The average molecular weight is 485 g/mol. The number of piperazine rings is 1. The molecule has 8 nitrogen and oxygen atoms in total. The molecule has 3 amide bonds. The van der Waals surface area contributed by atoms with Crippen LogP contribution in [-0.2, 0) is 14.3 Å². The van der Waals surface area contributed by atoms with Gasteiger partial charge in [-0.25, -0.2) is 14.0 Å². The van der Waals surface area contributed by atoms with Crippen LogP contribution in [0.5, 0.6) is 0 Å². The predicted molar refractivity (Wildman–Crippen MR) is 129 cm³/mol. The zero-order valence-electron chi connectivity index (χ0n) is 20.2. The number of nitrogens with one attached hydrogen (secondary N) is 1. The maximum Gasteiger partial charge on any atom is 0.338 e. The molecule has 1 saturated heterocycles. The molecule has 1 saturated carbocycles. The van der Waals surface area contributed by atoms with Crippen molar-refractivity contribution in [3.05, 3.63) is 59.6 Å². The van der Waals surface area contributed by atoms with Gasteiger partial charge in [0.05, 0.1) is 18.2 Å². The molecule has 188 valence electrons. The van der Waals surface area contributed by atoms with Gasteiger partial charge in [0, 0.05) is 50.9 Å². The molecule has 1 aliphatic carbocycles. The first-order valence-electron chi connectivity index (χ1n) is 12.3. The highest BCUT2D eigenvalue weighted by molar-refractivity contribution is 5.95. The fourth-order valence-corrected chi connectivity index (χ4v) is 4.80. The van der Waals surface area contributed by atoms with E-state index in [1.54, 1.807) is 25.1 Å². The zero-order chi connectivity index (χ0) is 24.9. The quantitative estimate of drug-likeness (QED) is 0.453. The Morgan fingerprint density at radius 2 is 1.86 bits per heavy atom. The molecule has 9 heteroatoms. The first-order valence-corrected chi connectivity index (χ1v) is 12.3. The van der Waals surface area contributed by atoms with Gasteiger partial charge in [-0.2, -0.15) is 0 Å². The number of halogens is 1. The van der Waals surface area contributed by atoms with Crippen LogP contribution in [0.4, 0.5) is 9.18 Å². The van der Waals surface area contributed by atoms with E-state index in [0.29, 0.717) is 49.6 Å². The van der Waals surface area contributed by atoms with E-state index < -0.39 is 17.8 Å². The van der Waals surface area contributed by atoms with E-state index in [0.717, 1.165) is 19.3 Å². The number of hydrogen-bond acceptors (Lipinski definition) is 5. The largest absolute Gasteiger partial charge is 0.463 e. The van der Waals surface area contributed by atoms with Crippen LogP contribution in [-0.4, -0.2) is 78.5 Å². The van der Waals surface area contributed by atoms with Gasteiger partial charge in [-0.3, -0.25) is 14.6 Å². The fraction of sp³-hybridized carbons (Fsp3) is 0.500. The number of carbonyl (C=O) groups excluding carboxylic acids is 3. The van der Waals surface area contributed by atoms with E-state index in [9.17, 15) is 18.8 Å². The van der Waals surface area contributed by atoms with Crippen molar-refractivity contribution in [2.24, 2.45) is 5.92 Å². The van der Waals surface area contributed by atoms with Crippen LogP contribution in [0, 0.1) is 11.7 Å². The molecule has 3 aliphatic rings. The Morgan fingerprint density at radius 1 is 1.17 bits per heavy atom. The molecule has 1 aromatic rings. The van der Waals surface area contributed by atoms with Gasteiger partial charge < -0.3 is 15.0 Å². The van der Waals surface area contributed by atoms with Crippen LogP contribution in [0.2, 0.25) is 0 Å². The number of urea groups is 1. The fourth-order valence-electron chi connectivity index (χ4n) is 4.80. The normalized spacial score (nSPS) is 21.4. The second-order valence-electron chi connectivity index (χ2n) is 9.14. The summed E-state index contributed by atoms with van der Waals surface area (Å²) < 4.78 is 19.0. The third kappa shape index (κ3) is 5.40. The summed E-state index contributed by atoms with van der Waals surface area (Å²) in [5, 5.41) is 2.88. The maximum atomic E-state index is 13.6. The van der Waals surface area contributed by atoms with Crippen LogP contribution >= 0.6 is 0 Å². The van der Waals surface area contributed by atoms with E-state index in [-0.39, 0.29) is 31.0 Å². The van der Waals surface area contributed by atoms with Gasteiger partial charge in [0.1, 0.15) is 5.82 Å². The first kappa shape index (κ1) is 24.9. The molecule has 2 heterocycles. The van der Waals surface area contributed by atoms with Gasteiger partial charge in [-0.15, -0.1) is 6.58 Å². The molecule has 35 heavy (non-hydrogen) atoms. The maximum absolute atomic E-state index is 13.6. The predicted octanol–water partition coefficient (Wildman–Crippen LogP) is 2.84. The lowest BCUT2D eigenvalue weighted by Crippen LogP contribution is -2.54. The molecule has 0 bridgehead atoms. The van der Waals surface area contributed by atoms with Crippen molar-refractivity contribution in [3.8, 4) is 0 Å². The number of nitrogens with zero attached hydrogens (tertiary/aromatic N) is 3. The molecule has 1 atom stereocenters. The van der Waals surface area contributed by atoms with Crippen molar-refractivity contribution in [2.75, 3.05) is 45.9 Å². The van der Waals surface area contributed by atoms with Crippen molar-refractivity contribution in [1.29, 1.82) is 0 Å². The summed E-state index contributed by atoms with van der Waals surface area (Å²) in [4.78, 5) is 44.5. The van der Waals surface area contributed by atoms with Crippen molar-refractivity contribution in [3.63, 3.8) is 0 Å². The molecule has 1 unspecified atom stereocenters. The minimum Gasteiger partial charge on any atom is -0.463 e. The third-order valence-electron chi connectivity index (χ3n) is 6.96. The molecule has 0 aromatic heterocycles. The Kier molecular flexibility index (Phi) is 7.85. The first-order chi connectivity index (χ1) is 16.9. The minimum absolute atomic E-state index is 0.168. The highest BCUT2D eigenvalue weighted by Crippen LogP contribution is 2.33. The Hall–Kier alpha value is -3.20. The van der Waals surface area contributed by atoms with Crippen LogP contribution in [0.1, 0.15) is 37.8 Å². The lowest BCUT2D eigenvalue weighted by Gasteiger charge is -2.41. The second-order valence-corrected chi connectivity index (χ2v) is 9.14. The minimum atomic E-state index is -0.764. The lowest BCUT2D eigenvalue weighted by molar-refractivity contribution is -0.140. The van der Waals surface area contributed by atoms with Gasteiger partial charge in [0.2, 0.25) is 5.91 Å². The standard InChI is InChI=1S/C26H33FN4O4/c1-3-12-31-21(17-29-13-15-30(16-14-29)24(32)19-6-5-7-19)22(25(33)35-4-2)23(28-26(31)34)18-8-10-20(27)11-9-18/h3,8-11,19,23H,1,4-7,12-17H2,2H3,(H,28,34). The SMILES string of the molecule is C=CCN1C(=O)NC(c2ccc(F)cc2)C(C(=O)OCC)=C1CN1CCN(C(=O)C2CCC2)CC1. The van der Waals surface area contributed by atoms with E-state index in [4.69, 9.17) is 4.74 Å². The number of ether oxygens (including phenoxy) is 1. The van der Waals surface area contributed by atoms with E-state index in [1.807, 2.05) is 4.90 Å². The van der Waals surface area contributed by atoms with Gasteiger partial charge in [0.25, 0.3) is 0 Å². The summed E-state index contributed by atoms with van der Waals surface area (Å²) in [6.07, 6.45) is 4.68. The van der Waals surface area contributed by atoms with Crippen LogP contribution in [0.3, 0.4) is 0 Å². The Morgan fingerprint density at radius 3 is 2.43 bits per heavy atom. The summed E-state index contributed by atoms with van der Waals surface area (Å²) in [5.74, 6) is -0.518. The van der Waals surface area contributed by atoms with Crippen LogP contribution in [0.25, 0.3) is 0 Å². The van der Waals surface area contributed by atoms with Crippen molar-refractivity contribution in [1.82, 2.24) is 20.0 Å². The van der Waals surface area contributed by atoms with E-state index in [2.05, 4.69) is 16.8 Å². The molecule has 0 spiro atoms. The number of hydrogen-bond donors (Lipinski definition) is 1. The summed E-state index contributed by atoms with van der Waals surface area (Å²) in [7, 11) is 0. The molecule has 1 N–H and O–H groups in total. The zero-order valence-corrected chi connectivity index (χ0v) is 20.2. The van der Waals surface area contributed by atoms with E-state index in [1.165, 1.54) is 17.0 Å². The number of carbonyl (C=O) groups is 3. The highest BCUT2D eigenvalue weighted by atomic mass is 19.1. The van der Waals surface area contributed by atoms with Gasteiger partial charge in [0.15, 0.2) is 0 Å². The van der Waals surface area contributed by atoms with E-state index >= 15 is 0 Å². The molecule has 2 fully saturated rings. The second kappa shape index (κ2) is 11.0. The molecule has 0 radical (unpaired) electrons. The summed E-state index contributed by atoms with van der Waals surface area (Å²) in [6, 6.07) is 4.60. The molecular weight excluding hydrogens is 451 g/mol. The van der Waals surface area contributed by atoms with Gasteiger partial charge >= 0.3 is 12.0 Å². The Bertz CT molecular complexity index is 997. The Labute approximate surface area is 205 Å². The van der Waals surface area contributed by atoms with Crippen LogP contribution < -0.4 is 5.32 Å². The van der Waals surface area contributed by atoms with Gasteiger partial charge in [-0.05, 0) is 37.5 Å². The monoisotopic (exact) mass is 484 g/mol. The number of rotatable bonds is 8. The number of benzene rings is 1. The van der Waals surface area contributed by atoms with Crippen LogP contribution in [0.15, 0.2) is 48.2 Å². The molecule has 2 aliphatic heterocycles. The van der Waals surface area contributed by atoms with Crippen molar-refractivity contribution >= 4 is 17.9 Å².